The van der Waals surface area contributed by atoms with Crippen molar-refractivity contribution >= 4 is 31.6 Å². The molecule has 0 N–H and O–H groups in total. The average Bonchev–Trinajstić information content (AvgIpc) is 2.35. The molecule has 0 aromatic heterocycles. The van der Waals surface area contributed by atoms with E-state index >= 15 is 0 Å². The highest BCUT2D eigenvalue weighted by Gasteiger charge is 2.12. The Hall–Kier alpha value is -0.680. The lowest BCUT2D eigenvalue weighted by atomic mass is 10.0. The number of aryl methyl sites for hydroxylation is 2. The molecule has 5 heteroatoms. The number of hydrogen-bond donors (Lipinski definition) is 0. The third-order valence-electron chi connectivity index (χ3n) is 3.06. The molecule has 0 bridgehead atoms. The molecule has 19 heavy (non-hydrogen) atoms. The summed E-state index contributed by atoms with van der Waals surface area (Å²) in [6.07, 6.45) is 0.670. The summed E-state index contributed by atoms with van der Waals surface area (Å²) in [5, 5.41) is 0. The molecule has 1 rings (SSSR count). The number of Topliss-reactive ketones (excluding diaryl/α,β-unsaturated/α-hetero) is 1. The first-order chi connectivity index (χ1) is 8.76. The van der Waals surface area contributed by atoms with Crippen molar-refractivity contribution in [2.75, 3.05) is 11.5 Å². The summed E-state index contributed by atoms with van der Waals surface area (Å²) < 4.78 is 23.7. The second kappa shape index (κ2) is 6.66. The maximum absolute atomic E-state index is 12.0. The Kier molecular flexibility index (Phi) is 5.74. The molecule has 0 radical (unpaired) electrons. The van der Waals surface area contributed by atoms with Crippen LogP contribution in [0.15, 0.2) is 16.6 Å². The number of carbonyl (C=O) groups is 1. The Morgan fingerprint density at radius 3 is 2.21 bits per heavy atom. The Balaban J connectivity index is 2.70. The normalized spacial score (nSPS) is 11.6. The minimum Gasteiger partial charge on any atom is -0.294 e. The number of hydrogen-bond acceptors (Lipinski definition) is 3. The standard InChI is InChI=1S/C14H19BrO3S/c1-4-19(17,18)7-5-6-13(16)12-8-10(2)14(15)11(3)9-12/h8-9H,4-7H2,1-3H3. The second-order valence-electron chi connectivity index (χ2n) is 4.69. The highest BCUT2D eigenvalue weighted by atomic mass is 79.9. The minimum absolute atomic E-state index is 0.00463. The van der Waals surface area contributed by atoms with Crippen LogP contribution in [-0.4, -0.2) is 25.7 Å². The fourth-order valence-electron chi connectivity index (χ4n) is 1.85. The largest absolute Gasteiger partial charge is 0.294 e. The quantitative estimate of drug-likeness (QED) is 0.741. The molecular formula is C14H19BrO3S. The molecule has 0 aliphatic heterocycles. The Morgan fingerprint density at radius 1 is 1.21 bits per heavy atom. The van der Waals surface area contributed by atoms with Crippen LogP contribution in [0.3, 0.4) is 0 Å². The number of ketones is 1. The summed E-state index contributed by atoms with van der Waals surface area (Å²) in [7, 11) is -2.98. The SMILES string of the molecule is CCS(=O)(=O)CCCC(=O)c1cc(C)c(Br)c(C)c1. The van der Waals surface area contributed by atoms with E-state index in [4.69, 9.17) is 0 Å². The molecule has 0 unspecified atom stereocenters. The van der Waals surface area contributed by atoms with E-state index in [0.29, 0.717) is 12.0 Å². The van der Waals surface area contributed by atoms with Crippen molar-refractivity contribution in [2.24, 2.45) is 0 Å². The van der Waals surface area contributed by atoms with Crippen LogP contribution in [0.5, 0.6) is 0 Å². The van der Waals surface area contributed by atoms with Crippen molar-refractivity contribution in [3.8, 4) is 0 Å². The molecule has 3 nitrogen and oxygen atoms in total. The van der Waals surface area contributed by atoms with Crippen LogP contribution in [0.1, 0.15) is 41.3 Å². The molecule has 0 aliphatic carbocycles. The van der Waals surface area contributed by atoms with Gasteiger partial charge in [0.15, 0.2) is 5.78 Å². The minimum atomic E-state index is -2.98. The molecule has 0 spiro atoms. The predicted octanol–water partition coefficient (Wildman–Crippen LogP) is 3.46. The van der Waals surface area contributed by atoms with Gasteiger partial charge in [-0.15, -0.1) is 0 Å². The third kappa shape index (κ3) is 4.73. The van der Waals surface area contributed by atoms with Crippen LogP contribution in [-0.2, 0) is 9.84 Å². The molecule has 0 saturated heterocycles. The molecule has 0 aliphatic rings. The van der Waals surface area contributed by atoms with Gasteiger partial charge < -0.3 is 0 Å². The molecule has 0 atom stereocenters. The van der Waals surface area contributed by atoms with Crippen molar-refractivity contribution < 1.29 is 13.2 Å². The third-order valence-corrected chi connectivity index (χ3v) is 6.10. The Morgan fingerprint density at radius 2 is 1.74 bits per heavy atom. The maximum atomic E-state index is 12.0. The van der Waals surface area contributed by atoms with Crippen molar-refractivity contribution in [3.05, 3.63) is 33.3 Å². The van der Waals surface area contributed by atoms with Crippen LogP contribution in [0.25, 0.3) is 0 Å². The maximum Gasteiger partial charge on any atom is 0.162 e. The van der Waals surface area contributed by atoms with Gasteiger partial charge >= 0.3 is 0 Å². The van der Waals surface area contributed by atoms with Crippen LogP contribution in [0, 0.1) is 13.8 Å². The molecule has 106 valence electrons. The van der Waals surface area contributed by atoms with Gasteiger partial charge in [0.25, 0.3) is 0 Å². The van der Waals surface area contributed by atoms with Gasteiger partial charge in [-0.1, -0.05) is 22.9 Å². The van der Waals surface area contributed by atoms with Crippen molar-refractivity contribution in [1.82, 2.24) is 0 Å². The van der Waals surface area contributed by atoms with Crippen LogP contribution in [0.4, 0.5) is 0 Å². The first kappa shape index (κ1) is 16.4. The summed E-state index contributed by atoms with van der Waals surface area (Å²) in [5.74, 6) is 0.228. The van der Waals surface area contributed by atoms with E-state index in [1.807, 2.05) is 26.0 Å². The summed E-state index contributed by atoms with van der Waals surface area (Å²) in [6, 6.07) is 3.68. The van der Waals surface area contributed by atoms with Crippen molar-refractivity contribution in [1.29, 1.82) is 0 Å². The lowest BCUT2D eigenvalue weighted by Crippen LogP contribution is -2.10. The van der Waals surface area contributed by atoms with Crippen molar-refractivity contribution in [3.63, 3.8) is 0 Å². The second-order valence-corrected chi connectivity index (χ2v) is 7.95. The molecule has 0 heterocycles. The molecule has 0 fully saturated rings. The number of carbonyl (C=O) groups excluding carboxylic acids is 1. The first-order valence-electron chi connectivity index (χ1n) is 6.27. The molecular weight excluding hydrogens is 328 g/mol. The van der Waals surface area contributed by atoms with Gasteiger partial charge in [0.2, 0.25) is 0 Å². The lowest BCUT2D eigenvalue weighted by Gasteiger charge is -2.07. The molecule has 1 aromatic rings. The summed E-state index contributed by atoms with van der Waals surface area (Å²) in [5.41, 5.74) is 2.70. The lowest BCUT2D eigenvalue weighted by molar-refractivity contribution is 0.0982. The number of benzene rings is 1. The van der Waals surface area contributed by atoms with E-state index in [9.17, 15) is 13.2 Å². The van der Waals surface area contributed by atoms with E-state index in [1.54, 1.807) is 6.92 Å². The highest BCUT2D eigenvalue weighted by Crippen LogP contribution is 2.23. The fraction of sp³-hybridized carbons (Fsp3) is 0.500. The number of sulfone groups is 1. The van der Waals surface area contributed by atoms with E-state index in [2.05, 4.69) is 15.9 Å². The first-order valence-corrected chi connectivity index (χ1v) is 8.88. The summed E-state index contributed by atoms with van der Waals surface area (Å²) >= 11 is 3.46. The van der Waals surface area contributed by atoms with E-state index in [1.165, 1.54) is 0 Å². The fourth-order valence-corrected chi connectivity index (χ4v) is 2.95. The van der Waals surface area contributed by atoms with Gasteiger partial charge in [0, 0.05) is 22.2 Å². The van der Waals surface area contributed by atoms with E-state index in [0.717, 1.165) is 15.6 Å². The number of rotatable bonds is 6. The van der Waals surface area contributed by atoms with Crippen LogP contribution < -0.4 is 0 Å². The highest BCUT2D eigenvalue weighted by molar-refractivity contribution is 9.10. The predicted molar refractivity (Wildman–Crippen MR) is 81.5 cm³/mol. The zero-order valence-corrected chi connectivity index (χ0v) is 13.9. The van der Waals surface area contributed by atoms with Gasteiger partial charge in [0.1, 0.15) is 9.84 Å². The topological polar surface area (TPSA) is 51.2 Å². The Labute approximate surface area is 123 Å². The van der Waals surface area contributed by atoms with Gasteiger partial charge in [-0.05, 0) is 43.5 Å². The van der Waals surface area contributed by atoms with Gasteiger partial charge in [-0.2, -0.15) is 0 Å². The van der Waals surface area contributed by atoms with E-state index < -0.39 is 9.84 Å². The van der Waals surface area contributed by atoms with Crippen molar-refractivity contribution in [2.45, 2.75) is 33.6 Å². The summed E-state index contributed by atoms with van der Waals surface area (Å²) in [4.78, 5) is 12.0. The van der Waals surface area contributed by atoms with Gasteiger partial charge in [-0.25, -0.2) is 8.42 Å². The zero-order valence-electron chi connectivity index (χ0n) is 11.5. The Bertz CT molecular complexity index is 553. The monoisotopic (exact) mass is 346 g/mol. The smallest absolute Gasteiger partial charge is 0.162 e. The van der Waals surface area contributed by atoms with Crippen LogP contribution >= 0.6 is 15.9 Å². The van der Waals surface area contributed by atoms with E-state index in [-0.39, 0.29) is 23.7 Å². The molecule has 1 aromatic carbocycles. The molecule has 0 amide bonds. The van der Waals surface area contributed by atoms with Crippen LogP contribution in [0.2, 0.25) is 0 Å². The average molecular weight is 347 g/mol. The summed E-state index contributed by atoms with van der Waals surface area (Å²) in [6.45, 7) is 5.50. The molecule has 0 saturated carbocycles. The van der Waals surface area contributed by atoms with Gasteiger partial charge in [-0.3, -0.25) is 4.79 Å². The number of halogens is 1. The van der Waals surface area contributed by atoms with Gasteiger partial charge in [0.05, 0.1) is 5.75 Å². The zero-order chi connectivity index (χ0) is 14.6.